The number of amides is 8. The van der Waals surface area contributed by atoms with Crippen molar-refractivity contribution in [2.45, 2.75) is 159 Å². The van der Waals surface area contributed by atoms with Crippen molar-refractivity contribution in [2.24, 2.45) is 5.41 Å². The van der Waals surface area contributed by atoms with Crippen LogP contribution in [0.3, 0.4) is 0 Å². The first kappa shape index (κ1) is 77.5. The Bertz CT molecular complexity index is 1850. The van der Waals surface area contributed by atoms with E-state index in [1.807, 2.05) is 0 Å². The minimum atomic E-state index is -1.25. The van der Waals surface area contributed by atoms with Crippen LogP contribution in [0.2, 0.25) is 0 Å². The van der Waals surface area contributed by atoms with E-state index in [1.165, 1.54) is 0 Å². The van der Waals surface area contributed by atoms with Gasteiger partial charge in [0.15, 0.2) is 17.3 Å². The highest BCUT2D eigenvalue weighted by Gasteiger charge is 2.37. The van der Waals surface area contributed by atoms with Crippen molar-refractivity contribution in [2.75, 3.05) is 66.3 Å². The number of imide groups is 4. The molecule has 1 N–H and O–H groups in total. The highest BCUT2D eigenvalue weighted by atomic mass is 17.3. The summed E-state index contributed by atoms with van der Waals surface area (Å²) in [5, 5.41) is 10.2. The molecule has 0 saturated carbocycles. The van der Waals surface area contributed by atoms with E-state index in [0.717, 1.165) is 6.26 Å². The first-order valence-corrected chi connectivity index (χ1v) is 23.9. The summed E-state index contributed by atoms with van der Waals surface area (Å²) in [6.07, 6.45) is 1.32. The summed E-state index contributed by atoms with van der Waals surface area (Å²) in [4.78, 5) is 190. The van der Waals surface area contributed by atoms with Crippen LogP contribution in [-0.4, -0.2) is 174 Å². The molecule has 0 bridgehead atoms. The maximum absolute atomic E-state index is 12.6. The zero-order valence-corrected chi connectivity index (χ0v) is 41.3. The van der Waals surface area contributed by atoms with Gasteiger partial charge in [0.1, 0.15) is 26.6 Å². The molecule has 0 unspecified atom stereocenters. The molecular formula is C51H82N4O25. The largest absolute Gasteiger partial charge is 0.501 e. The zero-order valence-electron chi connectivity index (χ0n) is 41.3. The molecule has 29 heteroatoms. The van der Waals surface area contributed by atoms with Gasteiger partial charge >= 0.3 is 17.9 Å². The molecule has 4 fully saturated rings. The number of hydrogen-bond acceptors (Lipinski definition) is 25. The molecule has 0 aromatic carbocycles. The highest BCUT2D eigenvalue weighted by molar-refractivity contribution is 6.03. The number of ether oxygens (including phenoxy) is 5. The van der Waals surface area contributed by atoms with Crippen molar-refractivity contribution < 1.29 is 120 Å². The molecule has 0 aliphatic carbocycles. The third kappa shape index (κ3) is 28.9. The van der Waals surface area contributed by atoms with Crippen molar-refractivity contribution in [3.8, 4) is 0 Å². The molecule has 0 atom stereocenters. The van der Waals surface area contributed by atoms with E-state index in [9.17, 15) is 67.1 Å². The predicted octanol–water partition coefficient (Wildman–Crippen LogP) is 3.15. The van der Waals surface area contributed by atoms with Crippen molar-refractivity contribution in [3.63, 3.8) is 0 Å². The Labute approximate surface area is 465 Å². The number of carbonyl (C=O) groups excluding carboxylic acids is 14. The van der Waals surface area contributed by atoms with E-state index in [1.54, 1.807) is 0 Å². The molecule has 4 aliphatic rings. The fraction of sp³-hybridized carbons (Fsp3) is 0.686. The number of unbranched alkanes of at least 4 members (excludes halogenated alkanes) is 1. The van der Waals surface area contributed by atoms with Gasteiger partial charge in [-0.2, -0.15) is 0 Å². The SMILES string of the molecule is C.C.C.C.C.C=COCC(COCC(=O)CCCC(=O)ON1C(=O)CCC1=O)(COCC(=O)CCCC(=O)ON1C(=O)CCC1=O)COCC(=O)CCCC(=O)ON1C(=O)CCC1=O.O=C1CCC(=O)N1OOCCCCOCO. The van der Waals surface area contributed by atoms with Crippen LogP contribution in [0.15, 0.2) is 12.8 Å². The number of nitrogens with zero attached hydrogens (tertiary/aromatic N) is 4. The first-order chi connectivity index (χ1) is 35.9. The average molecular weight is 1150 g/mol. The molecule has 8 amide bonds. The van der Waals surface area contributed by atoms with Crippen LogP contribution in [0.4, 0.5) is 0 Å². The standard InChI is InChI=1S/C37H47N3O19.C9H15NO6.5CH4/c1-2-53-21-37(22-54-18-25(41)6-3-9-34(50)57-38-28(44)12-13-29(38)45,23-55-19-26(42)7-4-10-35(51)58-39-30(46)14-15-31(39)47)24-56-20-27(43)8-5-11-36(52)59-40-32(48)16-17-33(40)49;11-7-14-5-1-2-6-15-16-10-8(12)3-4-9(10)13;;;;;/h2H,1,3-24H2;11H,1-7H2;5*1H4. The molecule has 4 saturated heterocycles. The van der Waals surface area contributed by atoms with Gasteiger partial charge in [0.2, 0.25) is 0 Å². The Morgan fingerprint density at radius 1 is 0.425 bits per heavy atom. The zero-order chi connectivity index (χ0) is 55.2. The number of aliphatic hydroxyl groups is 1. The third-order valence-corrected chi connectivity index (χ3v) is 10.6. The number of hydrogen-bond donors (Lipinski definition) is 1. The summed E-state index contributed by atoms with van der Waals surface area (Å²) < 4.78 is 27.1. The molecule has 456 valence electrons. The van der Waals surface area contributed by atoms with Gasteiger partial charge in [0, 0.05) is 96.5 Å². The fourth-order valence-corrected chi connectivity index (χ4v) is 6.71. The predicted molar refractivity (Wildman–Crippen MR) is 273 cm³/mol. The summed E-state index contributed by atoms with van der Waals surface area (Å²) in [5.74, 6) is -8.47. The molecule has 29 nitrogen and oxygen atoms in total. The molecule has 0 spiro atoms. The molecule has 0 radical (unpaired) electrons. The van der Waals surface area contributed by atoms with Gasteiger partial charge in [-0.15, -0.1) is 25.2 Å². The summed E-state index contributed by atoms with van der Waals surface area (Å²) >= 11 is 0. The second-order valence-electron chi connectivity index (χ2n) is 17.0. The monoisotopic (exact) mass is 1150 g/mol. The molecule has 0 aromatic heterocycles. The number of hydroxylamine groups is 8. The summed E-state index contributed by atoms with van der Waals surface area (Å²) in [7, 11) is 0. The second kappa shape index (κ2) is 42.2. The van der Waals surface area contributed by atoms with Crippen LogP contribution in [0.25, 0.3) is 0 Å². The summed E-state index contributed by atoms with van der Waals surface area (Å²) in [5.41, 5.74) is -1.25. The lowest BCUT2D eigenvalue weighted by Crippen LogP contribution is -2.42. The Kier molecular flexibility index (Phi) is 40.8. The number of Topliss-reactive ketones (excluding diaryl/α,β-unsaturated/α-hetero) is 3. The lowest BCUT2D eigenvalue weighted by molar-refractivity contribution is -0.393. The average Bonchev–Trinajstić information content (AvgIpc) is 4.08. The van der Waals surface area contributed by atoms with Crippen LogP contribution >= 0.6 is 0 Å². The van der Waals surface area contributed by atoms with E-state index in [4.69, 9.17) is 43.5 Å². The minimum Gasteiger partial charge on any atom is -0.501 e. The molecule has 4 rings (SSSR count). The summed E-state index contributed by atoms with van der Waals surface area (Å²) in [6.45, 7) is 1.58. The molecule has 80 heavy (non-hydrogen) atoms. The normalized spacial score (nSPS) is 14.7. The quantitative estimate of drug-likeness (QED) is 0.0232. The number of ketones is 3. The third-order valence-electron chi connectivity index (χ3n) is 10.6. The van der Waals surface area contributed by atoms with Crippen molar-refractivity contribution >= 4 is 82.5 Å². The van der Waals surface area contributed by atoms with Crippen LogP contribution in [0, 0.1) is 5.41 Å². The smallest absolute Gasteiger partial charge is 0.333 e. The first-order valence-electron chi connectivity index (χ1n) is 23.9. The fourth-order valence-electron chi connectivity index (χ4n) is 6.71. The van der Waals surface area contributed by atoms with Crippen LogP contribution in [-0.2, 0) is 115 Å². The van der Waals surface area contributed by atoms with E-state index >= 15 is 0 Å². The maximum Gasteiger partial charge on any atom is 0.333 e. The van der Waals surface area contributed by atoms with Crippen molar-refractivity contribution in [3.05, 3.63) is 12.8 Å². The van der Waals surface area contributed by atoms with Gasteiger partial charge < -0.3 is 43.3 Å². The van der Waals surface area contributed by atoms with Gasteiger partial charge in [0.25, 0.3) is 47.3 Å². The van der Waals surface area contributed by atoms with E-state index in [-0.39, 0.29) is 198 Å². The van der Waals surface area contributed by atoms with E-state index in [2.05, 4.69) is 16.3 Å². The Hall–Kier alpha value is -6.76. The second-order valence-corrected chi connectivity index (χ2v) is 17.0. The van der Waals surface area contributed by atoms with Crippen LogP contribution in [0.1, 0.15) is 159 Å². The lowest BCUT2D eigenvalue weighted by Gasteiger charge is -2.32. The van der Waals surface area contributed by atoms with Crippen molar-refractivity contribution in [1.82, 2.24) is 20.3 Å². The number of aliphatic hydroxyl groups excluding tert-OH is 1. The lowest BCUT2D eigenvalue weighted by atomic mass is 9.92. The van der Waals surface area contributed by atoms with Crippen LogP contribution in [0.5, 0.6) is 0 Å². The molecule has 4 heterocycles. The number of rotatable bonds is 38. The van der Waals surface area contributed by atoms with Gasteiger partial charge in [0.05, 0.1) is 44.7 Å². The summed E-state index contributed by atoms with van der Waals surface area (Å²) in [6, 6.07) is 0. The minimum absolute atomic E-state index is 0. The van der Waals surface area contributed by atoms with Crippen LogP contribution < -0.4 is 0 Å². The maximum atomic E-state index is 12.6. The van der Waals surface area contributed by atoms with Crippen molar-refractivity contribution in [1.29, 1.82) is 0 Å². The Morgan fingerprint density at radius 2 is 0.725 bits per heavy atom. The molecule has 4 aliphatic heterocycles. The Morgan fingerprint density at radius 3 is 1.02 bits per heavy atom. The Balaban J connectivity index is -0.00000243. The highest BCUT2D eigenvalue weighted by Crippen LogP contribution is 2.23. The number of carbonyl (C=O) groups is 14. The van der Waals surface area contributed by atoms with Gasteiger partial charge in [-0.1, -0.05) is 43.7 Å². The van der Waals surface area contributed by atoms with Gasteiger partial charge in [-0.25, -0.2) is 19.3 Å². The van der Waals surface area contributed by atoms with Gasteiger partial charge in [-0.3, -0.25) is 52.7 Å². The van der Waals surface area contributed by atoms with E-state index < -0.39 is 95.9 Å². The molecular weight excluding hydrogens is 1070 g/mol. The van der Waals surface area contributed by atoms with E-state index in [0.29, 0.717) is 39.7 Å². The topological polar surface area (TPSA) is 364 Å². The molecule has 0 aromatic rings. The van der Waals surface area contributed by atoms with Gasteiger partial charge in [-0.05, 0) is 32.1 Å².